The number of amides is 1. The van der Waals surface area contributed by atoms with E-state index in [-0.39, 0.29) is 35.5 Å². The molecule has 0 aromatic heterocycles. The molecular weight excluding hydrogens is 456 g/mol. The number of benzene rings is 1. The van der Waals surface area contributed by atoms with E-state index in [2.05, 4.69) is 52.1 Å². The van der Waals surface area contributed by atoms with Gasteiger partial charge in [0.2, 0.25) is 5.91 Å². The zero-order valence-electron chi connectivity index (χ0n) is 23.8. The molecule has 36 heavy (non-hydrogen) atoms. The summed E-state index contributed by atoms with van der Waals surface area (Å²) in [5.41, 5.74) is 7.94. The number of rotatable bonds is 14. The Labute approximate surface area is 218 Å². The summed E-state index contributed by atoms with van der Waals surface area (Å²) >= 11 is 0. The molecule has 3 N–H and O–H groups in total. The molecule has 5 atom stereocenters. The molecule has 0 radical (unpaired) electrons. The van der Waals surface area contributed by atoms with Crippen molar-refractivity contribution in [1.29, 1.82) is 0 Å². The second-order valence-electron chi connectivity index (χ2n) is 11.8. The van der Waals surface area contributed by atoms with Gasteiger partial charge in [0.05, 0.1) is 31.8 Å². The quantitative estimate of drug-likeness (QED) is 0.358. The van der Waals surface area contributed by atoms with Crippen molar-refractivity contribution in [3.8, 4) is 11.5 Å². The van der Waals surface area contributed by atoms with Crippen molar-refractivity contribution in [2.45, 2.75) is 85.5 Å². The Morgan fingerprint density at radius 2 is 1.92 bits per heavy atom. The maximum absolute atomic E-state index is 12.8. The molecule has 7 heteroatoms. The Hall–Kier alpha value is -1.83. The van der Waals surface area contributed by atoms with Crippen LogP contribution in [0.3, 0.4) is 0 Å². The molecule has 0 spiro atoms. The van der Waals surface area contributed by atoms with Crippen LogP contribution in [-0.4, -0.2) is 58.1 Å². The maximum atomic E-state index is 12.8. The van der Waals surface area contributed by atoms with Gasteiger partial charge in [0.15, 0.2) is 11.5 Å². The van der Waals surface area contributed by atoms with Crippen LogP contribution in [0.2, 0.25) is 0 Å². The van der Waals surface area contributed by atoms with E-state index < -0.39 is 0 Å². The van der Waals surface area contributed by atoms with Crippen molar-refractivity contribution in [1.82, 2.24) is 5.32 Å². The molecule has 1 aromatic rings. The van der Waals surface area contributed by atoms with Crippen molar-refractivity contribution in [2.75, 3.05) is 34.0 Å². The average Bonchev–Trinajstić information content (AvgIpc) is 3.21. The van der Waals surface area contributed by atoms with Crippen LogP contribution in [0.5, 0.6) is 11.5 Å². The van der Waals surface area contributed by atoms with Gasteiger partial charge in [-0.05, 0) is 61.1 Å². The molecule has 1 amide bonds. The lowest BCUT2D eigenvalue weighted by molar-refractivity contribution is -0.126. The first kappa shape index (κ1) is 30.4. The third-order valence-corrected chi connectivity index (χ3v) is 7.04. The zero-order valence-corrected chi connectivity index (χ0v) is 23.8. The Morgan fingerprint density at radius 1 is 1.19 bits per heavy atom. The van der Waals surface area contributed by atoms with E-state index in [4.69, 9.17) is 24.7 Å². The number of methoxy groups -OCH3 is 2. The van der Waals surface area contributed by atoms with Crippen molar-refractivity contribution in [3.63, 3.8) is 0 Å². The van der Waals surface area contributed by atoms with Crippen LogP contribution in [0.4, 0.5) is 0 Å². The molecule has 1 heterocycles. The van der Waals surface area contributed by atoms with Crippen molar-refractivity contribution >= 4 is 5.91 Å². The third kappa shape index (κ3) is 9.56. The number of ether oxygens (including phenoxy) is 4. The smallest absolute Gasteiger partial charge is 0.225 e. The lowest BCUT2D eigenvalue weighted by Crippen LogP contribution is -2.39. The van der Waals surface area contributed by atoms with Crippen molar-refractivity contribution < 1.29 is 23.7 Å². The summed E-state index contributed by atoms with van der Waals surface area (Å²) in [6.07, 6.45) is 2.98. The number of nitrogens with two attached hydrogens (primary N) is 1. The van der Waals surface area contributed by atoms with Crippen molar-refractivity contribution in [3.05, 3.63) is 23.8 Å². The highest BCUT2D eigenvalue weighted by molar-refractivity contribution is 5.79. The molecule has 1 fully saturated rings. The Kier molecular flexibility index (Phi) is 12.0. The predicted molar refractivity (Wildman–Crippen MR) is 145 cm³/mol. The number of hydrogen-bond donors (Lipinski definition) is 2. The highest BCUT2D eigenvalue weighted by Gasteiger charge is 2.40. The second-order valence-corrected chi connectivity index (χ2v) is 11.8. The summed E-state index contributed by atoms with van der Waals surface area (Å²) in [5.74, 6) is 2.24. The Balaban J connectivity index is 2.00. The average molecular weight is 507 g/mol. The van der Waals surface area contributed by atoms with Gasteiger partial charge >= 0.3 is 0 Å². The summed E-state index contributed by atoms with van der Waals surface area (Å²) < 4.78 is 22.8. The van der Waals surface area contributed by atoms with Crippen LogP contribution >= 0.6 is 0 Å². The molecule has 1 aliphatic rings. The lowest BCUT2D eigenvalue weighted by atomic mass is 9.82. The maximum Gasteiger partial charge on any atom is 0.225 e. The molecule has 5 unspecified atom stereocenters. The molecule has 1 saturated heterocycles. The van der Waals surface area contributed by atoms with Crippen LogP contribution < -0.4 is 20.5 Å². The SMILES string of the molecule is COCCCOc1cc(CC(CC(N)C2CC(C(=O)NCC(C)(C)C)C(C)O2)C(C)C)ccc1OC. The normalized spacial score (nSPS) is 21.9. The lowest BCUT2D eigenvalue weighted by Gasteiger charge is -2.28. The number of carbonyl (C=O) groups is 1. The van der Waals surface area contributed by atoms with Gasteiger partial charge in [-0.2, -0.15) is 0 Å². The molecule has 0 aliphatic carbocycles. The van der Waals surface area contributed by atoms with E-state index in [0.29, 0.717) is 38.0 Å². The van der Waals surface area contributed by atoms with Crippen LogP contribution in [0.1, 0.15) is 66.4 Å². The Morgan fingerprint density at radius 3 is 2.53 bits per heavy atom. The first-order valence-corrected chi connectivity index (χ1v) is 13.4. The van der Waals surface area contributed by atoms with E-state index in [0.717, 1.165) is 30.8 Å². The standard InChI is InChI=1S/C29H50N2O5/c1-19(2)22(14-21-10-11-25(34-8)27(15-21)35-13-9-12-33-7)16-24(30)26-17-23(20(3)36-26)28(32)31-18-29(4,5)6/h10-11,15,19-20,22-24,26H,9,12-14,16-18,30H2,1-8H3,(H,31,32). The first-order chi connectivity index (χ1) is 16.9. The minimum absolute atomic E-state index is 0.0505. The van der Waals surface area contributed by atoms with E-state index in [9.17, 15) is 4.79 Å². The fourth-order valence-corrected chi connectivity index (χ4v) is 4.69. The van der Waals surface area contributed by atoms with Crippen LogP contribution in [0.25, 0.3) is 0 Å². The van der Waals surface area contributed by atoms with Gasteiger partial charge in [0.25, 0.3) is 0 Å². The van der Waals surface area contributed by atoms with E-state index in [1.807, 2.05) is 13.0 Å². The summed E-state index contributed by atoms with van der Waals surface area (Å²) in [4.78, 5) is 12.8. The number of hydrogen-bond acceptors (Lipinski definition) is 6. The summed E-state index contributed by atoms with van der Waals surface area (Å²) in [5, 5.41) is 3.09. The largest absolute Gasteiger partial charge is 0.493 e. The first-order valence-electron chi connectivity index (χ1n) is 13.4. The highest BCUT2D eigenvalue weighted by Crippen LogP contribution is 2.34. The monoisotopic (exact) mass is 506 g/mol. The second kappa shape index (κ2) is 14.2. The highest BCUT2D eigenvalue weighted by atomic mass is 16.5. The van der Waals surface area contributed by atoms with Crippen LogP contribution in [-0.2, 0) is 20.7 Å². The molecule has 1 aliphatic heterocycles. The minimum Gasteiger partial charge on any atom is -0.493 e. The fourth-order valence-electron chi connectivity index (χ4n) is 4.69. The fraction of sp³-hybridized carbons (Fsp3) is 0.759. The molecule has 206 valence electrons. The zero-order chi connectivity index (χ0) is 26.9. The van der Waals surface area contributed by atoms with Gasteiger partial charge in [-0.25, -0.2) is 0 Å². The molecule has 0 saturated carbocycles. The summed E-state index contributed by atoms with van der Waals surface area (Å²) in [7, 11) is 3.35. The summed E-state index contributed by atoms with van der Waals surface area (Å²) in [6.45, 7) is 14.7. The molecule has 1 aromatic carbocycles. The van der Waals surface area contributed by atoms with Gasteiger partial charge in [-0.15, -0.1) is 0 Å². The van der Waals surface area contributed by atoms with E-state index in [1.54, 1.807) is 14.2 Å². The molecule has 7 nitrogen and oxygen atoms in total. The third-order valence-electron chi connectivity index (χ3n) is 7.04. The van der Waals surface area contributed by atoms with E-state index in [1.165, 1.54) is 5.56 Å². The van der Waals surface area contributed by atoms with Crippen molar-refractivity contribution in [2.24, 2.45) is 28.9 Å². The number of nitrogens with one attached hydrogen (secondary N) is 1. The minimum atomic E-state index is -0.152. The van der Waals surface area contributed by atoms with Crippen LogP contribution in [0.15, 0.2) is 18.2 Å². The van der Waals surface area contributed by atoms with Gasteiger partial charge in [0, 0.05) is 32.7 Å². The topological polar surface area (TPSA) is 92.0 Å². The molecule has 2 rings (SSSR count). The van der Waals surface area contributed by atoms with Gasteiger partial charge in [0.1, 0.15) is 0 Å². The predicted octanol–water partition coefficient (Wildman–Crippen LogP) is 4.60. The van der Waals surface area contributed by atoms with Crippen LogP contribution in [0, 0.1) is 23.2 Å². The van der Waals surface area contributed by atoms with Gasteiger partial charge in [-0.3, -0.25) is 4.79 Å². The Bertz CT molecular complexity index is 807. The molecular formula is C29H50N2O5. The number of carbonyl (C=O) groups excluding carboxylic acids is 1. The van der Waals surface area contributed by atoms with Gasteiger partial charge < -0.3 is 30.0 Å². The van der Waals surface area contributed by atoms with Gasteiger partial charge in [-0.1, -0.05) is 40.7 Å². The summed E-state index contributed by atoms with van der Waals surface area (Å²) in [6, 6.07) is 6.03. The molecule has 0 bridgehead atoms. The van der Waals surface area contributed by atoms with E-state index >= 15 is 0 Å².